The maximum absolute atomic E-state index is 10.1. The molecule has 0 heterocycles. The van der Waals surface area contributed by atoms with Crippen LogP contribution in [0.4, 0.5) is 0 Å². The van der Waals surface area contributed by atoms with Gasteiger partial charge in [0.15, 0.2) is 0 Å². The van der Waals surface area contributed by atoms with Gasteiger partial charge in [0.25, 0.3) is 0 Å². The van der Waals surface area contributed by atoms with Crippen LogP contribution in [0.15, 0.2) is 18.2 Å². The summed E-state index contributed by atoms with van der Waals surface area (Å²) in [6.07, 6.45) is 7.31. The van der Waals surface area contributed by atoms with Gasteiger partial charge < -0.3 is 5.11 Å². The van der Waals surface area contributed by atoms with Gasteiger partial charge in [-0.2, -0.15) is 0 Å². The van der Waals surface area contributed by atoms with E-state index < -0.39 is 0 Å². The van der Waals surface area contributed by atoms with Gasteiger partial charge >= 0.3 is 0 Å². The molecule has 2 rings (SSSR count). The summed E-state index contributed by atoms with van der Waals surface area (Å²) in [5, 5.41) is 10.1. The van der Waals surface area contributed by atoms with Crippen molar-refractivity contribution in [2.75, 3.05) is 13.1 Å². The van der Waals surface area contributed by atoms with E-state index in [1.165, 1.54) is 56.3 Å². The molecule has 2 nitrogen and oxygen atoms in total. The lowest BCUT2D eigenvalue weighted by molar-refractivity contribution is 0.153. The maximum atomic E-state index is 10.1. The first kappa shape index (κ1) is 16.4. The SMILES string of the molecule is CCCCN(CCCC)[C@H]1CCc2c(O)cccc2[C@H]1C. The smallest absolute Gasteiger partial charge is 0.119 e. The van der Waals surface area contributed by atoms with E-state index >= 15 is 0 Å². The first-order valence-electron chi connectivity index (χ1n) is 8.73. The highest BCUT2D eigenvalue weighted by molar-refractivity contribution is 5.43. The number of rotatable bonds is 7. The van der Waals surface area contributed by atoms with Crippen LogP contribution in [0.1, 0.15) is 69.9 Å². The van der Waals surface area contributed by atoms with E-state index in [-0.39, 0.29) is 0 Å². The predicted molar refractivity (Wildman–Crippen MR) is 90.0 cm³/mol. The second-order valence-corrected chi connectivity index (χ2v) is 6.48. The monoisotopic (exact) mass is 289 g/mol. The third-order valence-electron chi connectivity index (χ3n) is 5.01. The molecule has 1 aliphatic rings. The molecule has 2 heteroatoms. The largest absolute Gasteiger partial charge is 0.508 e. The molecule has 2 atom stereocenters. The third-order valence-corrected chi connectivity index (χ3v) is 5.01. The molecule has 0 unspecified atom stereocenters. The number of benzene rings is 1. The molecule has 1 aliphatic carbocycles. The Balaban J connectivity index is 2.15. The number of hydrogen-bond donors (Lipinski definition) is 1. The molecule has 0 saturated carbocycles. The molecule has 1 aromatic rings. The van der Waals surface area contributed by atoms with Gasteiger partial charge in [-0.25, -0.2) is 0 Å². The van der Waals surface area contributed by atoms with Gasteiger partial charge in [-0.15, -0.1) is 0 Å². The van der Waals surface area contributed by atoms with Crippen molar-refractivity contribution in [1.29, 1.82) is 0 Å². The Morgan fingerprint density at radius 3 is 2.43 bits per heavy atom. The average molecular weight is 289 g/mol. The van der Waals surface area contributed by atoms with E-state index in [0.29, 0.717) is 17.7 Å². The first-order chi connectivity index (χ1) is 10.2. The van der Waals surface area contributed by atoms with Crippen LogP contribution in [-0.2, 0) is 6.42 Å². The molecule has 0 aromatic heterocycles. The van der Waals surface area contributed by atoms with Crippen LogP contribution in [0.5, 0.6) is 5.75 Å². The summed E-state index contributed by atoms with van der Waals surface area (Å²) in [5.41, 5.74) is 2.55. The van der Waals surface area contributed by atoms with E-state index in [2.05, 4.69) is 31.7 Å². The lowest BCUT2D eigenvalue weighted by Crippen LogP contribution is -2.42. The molecule has 1 aromatic carbocycles. The third kappa shape index (κ3) is 3.79. The zero-order valence-electron chi connectivity index (χ0n) is 13.9. The fourth-order valence-electron chi connectivity index (χ4n) is 3.71. The number of nitrogens with zero attached hydrogens (tertiary/aromatic N) is 1. The molecule has 0 bridgehead atoms. The summed E-state index contributed by atoms with van der Waals surface area (Å²) in [6, 6.07) is 6.68. The molecule has 0 amide bonds. The fraction of sp³-hybridized carbons (Fsp3) is 0.684. The Labute approximate surface area is 130 Å². The zero-order valence-corrected chi connectivity index (χ0v) is 13.9. The van der Waals surface area contributed by atoms with E-state index in [1.807, 2.05) is 12.1 Å². The number of phenols is 1. The minimum absolute atomic E-state index is 0.492. The molecule has 0 aliphatic heterocycles. The van der Waals surface area contributed by atoms with Gasteiger partial charge in [-0.3, -0.25) is 4.90 Å². The highest BCUT2D eigenvalue weighted by Crippen LogP contribution is 2.38. The van der Waals surface area contributed by atoms with Crippen molar-refractivity contribution in [1.82, 2.24) is 4.90 Å². The summed E-state index contributed by atoms with van der Waals surface area (Å²) >= 11 is 0. The standard InChI is InChI=1S/C19H31NO/c1-4-6-13-20(14-7-5-2)18-12-11-17-16(15(18)3)9-8-10-19(17)21/h8-10,15,18,21H,4-7,11-14H2,1-3H3/t15-,18+/m1/s1. The van der Waals surface area contributed by atoms with Gasteiger partial charge in [0.05, 0.1) is 0 Å². The lowest BCUT2D eigenvalue weighted by atomic mass is 9.79. The van der Waals surface area contributed by atoms with Gasteiger partial charge in [0.1, 0.15) is 5.75 Å². The molecule has 0 spiro atoms. The minimum Gasteiger partial charge on any atom is -0.508 e. The number of phenolic OH excluding ortho intramolecular Hbond substituents is 1. The molecule has 21 heavy (non-hydrogen) atoms. The molecule has 1 N–H and O–H groups in total. The summed E-state index contributed by atoms with van der Waals surface area (Å²) in [6.45, 7) is 9.33. The van der Waals surface area contributed by atoms with Crippen LogP contribution in [-0.4, -0.2) is 29.1 Å². The molecular weight excluding hydrogens is 258 g/mol. The zero-order chi connectivity index (χ0) is 15.2. The Morgan fingerprint density at radius 1 is 1.14 bits per heavy atom. The van der Waals surface area contributed by atoms with Crippen LogP contribution >= 0.6 is 0 Å². The molecule has 0 radical (unpaired) electrons. The van der Waals surface area contributed by atoms with Gasteiger partial charge in [0, 0.05) is 6.04 Å². The average Bonchev–Trinajstić information content (AvgIpc) is 2.49. The van der Waals surface area contributed by atoms with E-state index in [4.69, 9.17) is 0 Å². The van der Waals surface area contributed by atoms with Crippen LogP contribution < -0.4 is 0 Å². The van der Waals surface area contributed by atoms with Crippen molar-refractivity contribution in [3.63, 3.8) is 0 Å². The molecule has 118 valence electrons. The van der Waals surface area contributed by atoms with Crippen molar-refractivity contribution in [3.8, 4) is 5.75 Å². The predicted octanol–water partition coefficient (Wildman–Crippen LogP) is 4.71. The number of aromatic hydroxyl groups is 1. The summed E-state index contributed by atoms with van der Waals surface area (Å²) in [7, 11) is 0. The van der Waals surface area contributed by atoms with Crippen molar-refractivity contribution in [3.05, 3.63) is 29.3 Å². The number of unbranched alkanes of at least 4 members (excludes halogenated alkanes) is 2. The first-order valence-corrected chi connectivity index (χ1v) is 8.73. The quantitative estimate of drug-likeness (QED) is 0.785. The van der Waals surface area contributed by atoms with E-state index in [1.54, 1.807) is 0 Å². The maximum Gasteiger partial charge on any atom is 0.119 e. The second-order valence-electron chi connectivity index (χ2n) is 6.48. The Bertz CT molecular complexity index is 435. The molecular formula is C19H31NO. The highest BCUT2D eigenvalue weighted by atomic mass is 16.3. The molecule has 0 saturated heterocycles. The van der Waals surface area contributed by atoms with Crippen molar-refractivity contribution < 1.29 is 5.11 Å². The topological polar surface area (TPSA) is 23.5 Å². The van der Waals surface area contributed by atoms with Crippen LogP contribution in [0, 0.1) is 0 Å². The van der Waals surface area contributed by atoms with E-state index in [0.717, 1.165) is 6.42 Å². The number of fused-ring (bicyclic) bond motifs is 1. The fourth-order valence-corrected chi connectivity index (χ4v) is 3.71. The van der Waals surface area contributed by atoms with Gasteiger partial charge in [-0.05, 0) is 61.9 Å². The van der Waals surface area contributed by atoms with Crippen LogP contribution in [0.25, 0.3) is 0 Å². The normalized spacial score (nSPS) is 21.5. The van der Waals surface area contributed by atoms with Gasteiger partial charge in [0.2, 0.25) is 0 Å². The van der Waals surface area contributed by atoms with Crippen LogP contribution in [0.2, 0.25) is 0 Å². The minimum atomic E-state index is 0.492. The second kappa shape index (κ2) is 7.84. The summed E-state index contributed by atoms with van der Waals surface area (Å²) < 4.78 is 0. The van der Waals surface area contributed by atoms with Crippen molar-refractivity contribution in [2.45, 2.75) is 71.3 Å². The Hall–Kier alpha value is -1.02. The van der Waals surface area contributed by atoms with Gasteiger partial charge in [-0.1, -0.05) is 45.7 Å². The van der Waals surface area contributed by atoms with Crippen molar-refractivity contribution >= 4 is 0 Å². The lowest BCUT2D eigenvalue weighted by Gasteiger charge is -2.40. The van der Waals surface area contributed by atoms with Crippen LogP contribution in [0.3, 0.4) is 0 Å². The highest BCUT2D eigenvalue weighted by Gasteiger charge is 2.31. The van der Waals surface area contributed by atoms with E-state index in [9.17, 15) is 5.11 Å². The summed E-state index contributed by atoms with van der Waals surface area (Å²) in [4.78, 5) is 2.71. The summed E-state index contributed by atoms with van der Waals surface area (Å²) in [5.74, 6) is 1.01. The molecule has 0 fully saturated rings. The van der Waals surface area contributed by atoms with Crippen molar-refractivity contribution in [2.24, 2.45) is 0 Å². The number of hydrogen-bond acceptors (Lipinski definition) is 2. The Morgan fingerprint density at radius 2 is 1.81 bits per heavy atom. The Kier molecular flexibility index (Phi) is 6.10.